The van der Waals surface area contributed by atoms with E-state index in [9.17, 15) is 14.0 Å². The van der Waals surface area contributed by atoms with Crippen molar-refractivity contribution in [1.82, 2.24) is 10.2 Å². The van der Waals surface area contributed by atoms with Crippen molar-refractivity contribution in [1.29, 1.82) is 0 Å². The molecule has 0 radical (unpaired) electrons. The van der Waals surface area contributed by atoms with Gasteiger partial charge in [-0.05, 0) is 67.5 Å². The lowest BCUT2D eigenvalue weighted by Gasteiger charge is -2.32. The summed E-state index contributed by atoms with van der Waals surface area (Å²) >= 11 is 0. The number of nitrogens with zero attached hydrogens (tertiary/aromatic N) is 1. The van der Waals surface area contributed by atoms with Crippen LogP contribution in [0.4, 0.5) is 14.9 Å². The van der Waals surface area contributed by atoms with Crippen molar-refractivity contribution >= 4 is 17.6 Å². The smallest absolute Gasteiger partial charge is 0.321 e. The van der Waals surface area contributed by atoms with Crippen LogP contribution in [0.25, 0.3) is 0 Å². The molecule has 1 aliphatic rings. The summed E-state index contributed by atoms with van der Waals surface area (Å²) in [5.41, 5.74) is 2.65. The number of carbonyl (C=O) groups is 2. The molecule has 6 heteroatoms. The van der Waals surface area contributed by atoms with Gasteiger partial charge < -0.3 is 15.5 Å². The highest BCUT2D eigenvalue weighted by Crippen LogP contribution is 2.22. The minimum Gasteiger partial charge on any atom is -0.352 e. The molecule has 1 heterocycles. The van der Waals surface area contributed by atoms with Gasteiger partial charge in [0.15, 0.2) is 0 Å². The van der Waals surface area contributed by atoms with Gasteiger partial charge in [-0.2, -0.15) is 0 Å². The Morgan fingerprint density at radius 3 is 2.79 bits per heavy atom. The standard InChI is InChI=1S/C23H28FN3O2/c1-17-5-2-9-21(13-17)26-23(29)27-12-4-7-18(16-27)10-11-22(28)25-15-19-6-3-8-20(24)14-19/h2-3,5-6,8-9,13-14,18H,4,7,10-12,15-16H2,1H3,(H,25,28)(H,26,29)/t18-/m0/s1. The molecule has 1 atom stereocenters. The Balaban J connectivity index is 1.42. The van der Waals surface area contributed by atoms with Gasteiger partial charge in [0.25, 0.3) is 0 Å². The van der Waals surface area contributed by atoms with E-state index in [1.54, 1.807) is 12.1 Å². The minimum absolute atomic E-state index is 0.0457. The van der Waals surface area contributed by atoms with Crippen molar-refractivity contribution in [2.24, 2.45) is 5.92 Å². The number of aryl methyl sites for hydroxylation is 1. The van der Waals surface area contributed by atoms with Gasteiger partial charge in [-0.3, -0.25) is 4.79 Å². The largest absolute Gasteiger partial charge is 0.352 e. The van der Waals surface area contributed by atoms with Gasteiger partial charge in [0.05, 0.1) is 0 Å². The average Bonchev–Trinajstić information content (AvgIpc) is 2.71. The maximum atomic E-state index is 13.2. The number of anilines is 1. The van der Waals surface area contributed by atoms with Crippen molar-refractivity contribution in [3.05, 3.63) is 65.5 Å². The number of amides is 3. The predicted molar refractivity (Wildman–Crippen MR) is 112 cm³/mol. The molecule has 1 saturated heterocycles. The SMILES string of the molecule is Cc1cccc(NC(=O)N2CCC[C@@H](CCC(=O)NCc3cccc(F)c3)C2)c1. The van der Waals surface area contributed by atoms with Crippen molar-refractivity contribution < 1.29 is 14.0 Å². The molecule has 154 valence electrons. The number of halogens is 1. The number of piperidine rings is 1. The molecule has 0 aliphatic carbocycles. The van der Waals surface area contributed by atoms with E-state index in [1.165, 1.54) is 12.1 Å². The highest BCUT2D eigenvalue weighted by Gasteiger charge is 2.24. The lowest BCUT2D eigenvalue weighted by atomic mass is 9.93. The summed E-state index contributed by atoms with van der Waals surface area (Å²) in [5, 5.41) is 5.80. The van der Waals surface area contributed by atoms with Gasteiger partial charge in [0.2, 0.25) is 5.91 Å². The van der Waals surface area contributed by atoms with E-state index in [1.807, 2.05) is 36.1 Å². The molecule has 1 fully saturated rings. The second kappa shape index (κ2) is 10.0. The van der Waals surface area contributed by atoms with Crippen molar-refractivity contribution in [3.8, 4) is 0 Å². The minimum atomic E-state index is -0.303. The molecule has 3 amide bonds. The van der Waals surface area contributed by atoms with E-state index < -0.39 is 0 Å². The summed E-state index contributed by atoms with van der Waals surface area (Å²) in [6, 6.07) is 13.9. The van der Waals surface area contributed by atoms with E-state index in [0.717, 1.165) is 42.6 Å². The first kappa shape index (κ1) is 20.8. The number of hydrogen-bond acceptors (Lipinski definition) is 2. The Kier molecular flexibility index (Phi) is 7.22. The topological polar surface area (TPSA) is 61.4 Å². The van der Waals surface area contributed by atoms with Crippen LogP contribution in [0.3, 0.4) is 0 Å². The van der Waals surface area contributed by atoms with Crippen LogP contribution in [0.15, 0.2) is 48.5 Å². The number of rotatable bonds is 6. The summed E-state index contributed by atoms with van der Waals surface area (Å²) < 4.78 is 13.2. The Morgan fingerprint density at radius 2 is 2.00 bits per heavy atom. The number of urea groups is 1. The summed E-state index contributed by atoms with van der Waals surface area (Å²) in [5.74, 6) is -0.0366. The van der Waals surface area contributed by atoms with Gasteiger partial charge in [0, 0.05) is 31.7 Å². The number of likely N-dealkylation sites (tertiary alicyclic amines) is 1. The van der Waals surface area contributed by atoms with Crippen molar-refractivity contribution in [2.75, 3.05) is 18.4 Å². The van der Waals surface area contributed by atoms with Crippen LogP contribution >= 0.6 is 0 Å². The Labute approximate surface area is 171 Å². The van der Waals surface area contributed by atoms with E-state index >= 15 is 0 Å². The fraction of sp³-hybridized carbons (Fsp3) is 0.391. The highest BCUT2D eigenvalue weighted by atomic mass is 19.1. The average molecular weight is 397 g/mol. The van der Waals surface area contributed by atoms with Gasteiger partial charge >= 0.3 is 6.03 Å². The van der Waals surface area contributed by atoms with Crippen LogP contribution in [-0.2, 0) is 11.3 Å². The molecule has 5 nitrogen and oxygen atoms in total. The zero-order valence-electron chi connectivity index (χ0n) is 16.8. The monoisotopic (exact) mass is 397 g/mol. The predicted octanol–water partition coefficient (Wildman–Crippen LogP) is 4.47. The van der Waals surface area contributed by atoms with Gasteiger partial charge in [0.1, 0.15) is 5.82 Å². The fourth-order valence-corrected chi connectivity index (χ4v) is 3.68. The highest BCUT2D eigenvalue weighted by molar-refractivity contribution is 5.89. The molecule has 0 bridgehead atoms. The van der Waals surface area contributed by atoms with Crippen LogP contribution in [0, 0.1) is 18.7 Å². The lowest BCUT2D eigenvalue weighted by Crippen LogP contribution is -2.42. The van der Waals surface area contributed by atoms with Gasteiger partial charge in [-0.25, -0.2) is 9.18 Å². The summed E-state index contributed by atoms with van der Waals surface area (Å²) in [6.45, 7) is 3.72. The molecule has 0 aromatic heterocycles. The Bertz CT molecular complexity index is 856. The third-order valence-electron chi connectivity index (χ3n) is 5.23. The maximum Gasteiger partial charge on any atom is 0.321 e. The van der Waals surface area contributed by atoms with Crippen molar-refractivity contribution in [2.45, 2.75) is 39.2 Å². The number of nitrogens with one attached hydrogen (secondary N) is 2. The Morgan fingerprint density at radius 1 is 1.17 bits per heavy atom. The number of benzene rings is 2. The zero-order valence-corrected chi connectivity index (χ0v) is 16.8. The Hall–Kier alpha value is -2.89. The summed E-state index contributed by atoms with van der Waals surface area (Å²) in [4.78, 5) is 26.5. The first-order valence-corrected chi connectivity index (χ1v) is 10.1. The second-order valence-electron chi connectivity index (χ2n) is 7.70. The van der Waals surface area contributed by atoms with Gasteiger partial charge in [-0.1, -0.05) is 24.3 Å². The van der Waals surface area contributed by atoms with Crippen LogP contribution in [0.2, 0.25) is 0 Å². The van der Waals surface area contributed by atoms with Crippen LogP contribution < -0.4 is 10.6 Å². The second-order valence-corrected chi connectivity index (χ2v) is 7.70. The van der Waals surface area contributed by atoms with Crippen LogP contribution in [0.5, 0.6) is 0 Å². The summed E-state index contributed by atoms with van der Waals surface area (Å²) in [7, 11) is 0. The lowest BCUT2D eigenvalue weighted by molar-refractivity contribution is -0.121. The molecule has 0 unspecified atom stereocenters. The molecule has 0 spiro atoms. The third kappa shape index (κ3) is 6.59. The molecule has 0 saturated carbocycles. The molecule has 29 heavy (non-hydrogen) atoms. The van der Waals surface area contributed by atoms with Crippen LogP contribution in [-0.4, -0.2) is 29.9 Å². The van der Waals surface area contributed by atoms with Crippen molar-refractivity contribution in [3.63, 3.8) is 0 Å². The van der Waals surface area contributed by atoms with Crippen LogP contribution in [0.1, 0.15) is 36.8 Å². The molecule has 2 aromatic rings. The number of hydrogen-bond donors (Lipinski definition) is 2. The first-order valence-electron chi connectivity index (χ1n) is 10.1. The van der Waals surface area contributed by atoms with Gasteiger partial charge in [-0.15, -0.1) is 0 Å². The first-order chi connectivity index (χ1) is 14.0. The zero-order chi connectivity index (χ0) is 20.6. The quantitative estimate of drug-likeness (QED) is 0.755. The molecule has 2 aromatic carbocycles. The molecule has 3 rings (SSSR count). The molecular formula is C23H28FN3O2. The normalized spacial score (nSPS) is 16.3. The molecule has 2 N–H and O–H groups in total. The molecular weight excluding hydrogens is 369 g/mol. The van der Waals surface area contributed by atoms with E-state index in [-0.39, 0.29) is 17.8 Å². The van der Waals surface area contributed by atoms with E-state index in [2.05, 4.69) is 10.6 Å². The number of carbonyl (C=O) groups excluding carboxylic acids is 2. The maximum absolute atomic E-state index is 13.2. The van der Waals surface area contributed by atoms with E-state index in [4.69, 9.17) is 0 Å². The summed E-state index contributed by atoms with van der Waals surface area (Å²) in [6.07, 6.45) is 3.11. The van der Waals surface area contributed by atoms with E-state index in [0.29, 0.717) is 25.4 Å². The third-order valence-corrected chi connectivity index (χ3v) is 5.23. The fourth-order valence-electron chi connectivity index (χ4n) is 3.68. The molecule has 1 aliphatic heterocycles.